The molecule has 2 aromatic carbocycles. The van der Waals surface area contributed by atoms with Gasteiger partial charge in [0.2, 0.25) is 17.7 Å². The summed E-state index contributed by atoms with van der Waals surface area (Å²) in [5, 5.41) is 50.9. The molecule has 0 aromatic heterocycles. The topological polar surface area (TPSA) is 218 Å². The molecule has 294 valence electrons. The fraction of sp³-hybridized carbons (Fsp3) is 0.564. The molecule has 14 heteroatoms. The zero-order valence-corrected chi connectivity index (χ0v) is 31.8. The molecule has 0 aliphatic rings. The number of aliphatic carboxylic acids is 1. The summed E-state index contributed by atoms with van der Waals surface area (Å²) in [7, 11) is 3.09. The minimum atomic E-state index is -1.40. The van der Waals surface area contributed by atoms with Crippen LogP contribution in [0.1, 0.15) is 83.8 Å². The molecular formula is C39H59N5O9. The van der Waals surface area contributed by atoms with Crippen molar-refractivity contribution in [2.75, 3.05) is 14.1 Å². The second-order valence-corrected chi connectivity index (χ2v) is 14.1. The monoisotopic (exact) mass is 741 g/mol. The molecule has 0 bridgehead atoms. The fourth-order valence-corrected chi connectivity index (χ4v) is 6.00. The predicted molar refractivity (Wildman–Crippen MR) is 201 cm³/mol. The van der Waals surface area contributed by atoms with Crippen LogP contribution in [0, 0.1) is 5.92 Å². The van der Waals surface area contributed by atoms with E-state index in [1.807, 2.05) is 13.8 Å². The number of likely N-dealkylation sites (N-methyl/N-ethyl adjacent to an activating group) is 2. The first kappa shape index (κ1) is 44.5. The van der Waals surface area contributed by atoms with Gasteiger partial charge in [0.15, 0.2) is 0 Å². The lowest BCUT2D eigenvalue weighted by atomic mass is 9.99. The molecule has 0 spiro atoms. The van der Waals surface area contributed by atoms with Gasteiger partial charge in [-0.05, 0) is 68.1 Å². The van der Waals surface area contributed by atoms with Crippen LogP contribution in [0.25, 0.3) is 0 Å². The van der Waals surface area contributed by atoms with Gasteiger partial charge in [0.05, 0.1) is 0 Å². The Hall–Kier alpha value is -4.69. The Bertz CT molecular complexity index is 1470. The molecular weight excluding hydrogens is 682 g/mol. The number of carboxylic acids is 1. The molecule has 0 radical (unpaired) electrons. The number of hydrogen-bond donors (Lipinski definition) is 8. The lowest BCUT2D eigenvalue weighted by molar-refractivity contribution is -0.144. The number of carboxylic acid groups (broad SMARTS) is 1. The van der Waals surface area contributed by atoms with Crippen LogP contribution in [-0.2, 0) is 36.8 Å². The average molecular weight is 742 g/mol. The Kier molecular flexibility index (Phi) is 18.8. The minimum absolute atomic E-state index is 0.000956. The van der Waals surface area contributed by atoms with Crippen LogP contribution in [0.15, 0.2) is 48.5 Å². The third kappa shape index (κ3) is 15.1. The van der Waals surface area contributed by atoms with Crippen molar-refractivity contribution in [3.8, 4) is 11.5 Å². The van der Waals surface area contributed by atoms with Crippen molar-refractivity contribution in [3.63, 3.8) is 0 Å². The lowest BCUT2D eigenvalue weighted by Gasteiger charge is -2.32. The van der Waals surface area contributed by atoms with E-state index in [9.17, 15) is 44.4 Å². The Morgan fingerprint density at radius 2 is 1.23 bits per heavy atom. The molecule has 2 rings (SSSR count). The Labute approximate surface area is 312 Å². The SMILES string of the molecule is CCCCCCCC(NC)[C@H](O)C(=O)NC(C)C(=O)N(C)[C@@H](CC(C)C)C(=O)NC(Cc1ccc(O)cc1)C(=O)N[C@@H](Cc1ccc(O)cc1)C(=O)O. The number of phenols is 2. The fourth-order valence-electron chi connectivity index (χ4n) is 6.00. The van der Waals surface area contributed by atoms with Gasteiger partial charge < -0.3 is 46.6 Å². The number of aliphatic hydroxyl groups is 1. The van der Waals surface area contributed by atoms with E-state index < -0.39 is 65.9 Å². The number of hydrogen-bond acceptors (Lipinski definition) is 9. The molecule has 4 amide bonds. The molecule has 0 aliphatic heterocycles. The van der Waals surface area contributed by atoms with Crippen molar-refractivity contribution in [2.45, 2.75) is 122 Å². The van der Waals surface area contributed by atoms with Crippen molar-refractivity contribution in [3.05, 3.63) is 59.7 Å². The van der Waals surface area contributed by atoms with E-state index in [2.05, 4.69) is 28.2 Å². The highest BCUT2D eigenvalue weighted by Gasteiger charge is 2.35. The molecule has 8 N–H and O–H groups in total. The van der Waals surface area contributed by atoms with E-state index in [0.29, 0.717) is 17.5 Å². The second-order valence-electron chi connectivity index (χ2n) is 14.1. The molecule has 14 nitrogen and oxygen atoms in total. The van der Waals surface area contributed by atoms with Gasteiger partial charge in [-0.1, -0.05) is 77.1 Å². The van der Waals surface area contributed by atoms with Crippen molar-refractivity contribution in [1.82, 2.24) is 26.2 Å². The van der Waals surface area contributed by atoms with Crippen molar-refractivity contribution >= 4 is 29.6 Å². The highest BCUT2D eigenvalue weighted by atomic mass is 16.4. The smallest absolute Gasteiger partial charge is 0.326 e. The molecule has 0 saturated heterocycles. The number of phenolic OH excluding ortho intramolecular Hbond substituents is 2. The van der Waals surface area contributed by atoms with E-state index in [4.69, 9.17) is 0 Å². The number of nitrogens with one attached hydrogen (secondary N) is 4. The van der Waals surface area contributed by atoms with Gasteiger partial charge in [0.25, 0.3) is 5.91 Å². The summed E-state index contributed by atoms with van der Waals surface area (Å²) in [5.74, 6) is -4.15. The Balaban J connectivity index is 2.24. The molecule has 0 aliphatic carbocycles. The predicted octanol–water partition coefficient (Wildman–Crippen LogP) is 2.62. The zero-order chi connectivity index (χ0) is 39.7. The van der Waals surface area contributed by atoms with Crippen molar-refractivity contribution < 1.29 is 44.4 Å². The number of aliphatic hydroxyl groups excluding tert-OH is 1. The van der Waals surface area contributed by atoms with E-state index in [0.717, 1.165) is 32.1 Å². The standard InChI is InChI=1S/C39H59N5O9/c1-7-8-9-10-11-12-30(40-5)34(47)37(50)41-25(4)38(51)44(6)33(21-24(2)3)36(49)42-31(22-26-13-17-28(45)18-14-26)35(48)43-32(39(52)53)23-27-15-19-29(46)20-16-27/h13-20,24-25,30-34,40,45-47H,7-12,21-23H2,1-6H3,(H,41,50)(H,42,49)(H,43,48)(H,52,53)/t25?,30?,31?,32-,33-,34-/m0/s1. The third-order valence-corrected chi connectivity index (χ3v) is 9.18. The van der Waals surface area contributed by atoms with E-state index in [1.165, 1.54) is 55.3 Å². The maximum atomic E-state index is 14.0. The molecule has 53 heavy (non-hydrogen) atoms. The summed E-state index contributed by atoms with van der Waals surface area (Å²) in [6.45, 7) is 7.32. The molecule has 0 saturated carbocycles. The van der Waals surface area contributed by atoms with E-state index in [1.54, 1.807) is 19.2 Å². The number of aromatic hydroxyl groups is 2. The van der Waals surface area contributed by atoms with Crippen LogP contribution >= 0.6 is 0 Å². The second kappa shape index (κ2) is 22.4. The number of rotatable bonds is 23. The summed E-state index contributed by atoms with van der Waals surface area (Å²) in [4.78, 5) is 67.7. The Morgan fingerprint density at radius 3 is 1.72 bits per heavy atom. The number of unbranched alkanes of at least 4 members (excludes halogenated alkanes) is 4. The quantitative estimate of drug-likeness (QED) is 0.0779. The highest BCUT2D eigenvalue weighted by molar-refractivity contribution is 5.95. The van der Waals surface area contributed by atoms with E-state index >= 15 is 0 Å². The molecule has 0 heterocycles. The van der Waals surface area contributed by atoms with Crippen LogP contribution in [0.3, 0.4) is 0 Å². The van der Waals surface area contributed by atoms with Crippen LogP contribution < -0.4 is 21.3 Å². The first-order chi connectivity index (χ1) is 25.1. The van der Waals surface area contributed by atoms with E-state index in [-0.39, 0.29) is 36.7 Å². The van der Waals surface area contributed by atoms with Crippen LogP contribution in [0.4, 0.5) is 0 Å². The highest BCUT2D eigenvalue weighted by Crippen LogP contribution is 2.17. The van der Waals surface area contributed by atoms with Crippen LogP contribution in [0.2, 0.25) is 0 Å². The number of benzene rings is 2. The maximum Gasteiger partial charge on any atom is 0.326 e. The summed E-state index contributed by atoms with van der Waals surface area (Å²) in [5.41, 5.74) is 1.11. The summed E-state index contributed by atoms with van der Waals surface area (Å²) in [6, 6.07) is 6.52. The molecule has 6 atom stereocenters. The van der Waals surface area contributed by atoms with Crippen LogP contribution in [-0.4, -0.2) is 105 Å². The van der Waals surface area contributed by atoms with Crippen LogP contribution in [0.5, 0.6) is 11.5 Å². The first-order valence-corrected chi connectivity index (χ1v) is 18.4. The largest absolute Gasteiger partial charge is 0.508 e. The lowest BCUT2D eigenvalue weighted by Crippen LogP contribution is -2.59. The van der Waals surface area contributed by atoms with Gasteiger partial charge in [-0.15, -0.1) is 0 Å². The van der Waals surface area contributed by atoms with Crippen molar-refractivity contribution in [1.29, 1.82) is 0 Å². The average Bonchev–Trinajstić information content (AvgIpc) is 3.12. The van der Waals surface area contributed by atoms with Gasteiger partial charge in [0, 0.05) is 25.9 Å². The number of carbonyl (C=O) groups excluding carboxylic acids is 4. The summed E-state index contributed by atoms with van der Waals surface area (Å²) in [6.07, 6.45) is 4.33. The minimum Gasteiger partial charge on any atom is -0.508 e. The molecule has 2 aromatic rings. The summed E-state index contributed by atoms with van der Waals surface area (Å²) < 4.78 is 0. The van der Waals surface area contributed by atoms with Gasteiger partial charge >= 0.3 is 5.97 Å². The van der Waals surface area contributed by atoms with Crippen molar-refractivity contribution in [2.24, 2.45) is 5.92 Å². The van der Waals surface area contributed by atoms with Gasteiger partial charge in [-0.2, -0.15) is 0 Å². The zero-order valence-electron chi connectivity index (χ0n) is 31.8. The third-order valence-electron chi connectivity index (χ3n) is 9.18. The molecule has 0 fully saturated rings. The van der Waals surface area contributed by atoms with Gasteiger partial charge in [0.1, 0.15) is 41.8 Å². The molecule has 3 unspecified atom stereocenters. The van der Waals surface area contributed by atoms with Gasteiger partial charge in [-0.25, -0.2) is 4.79 Å². The van der Waals surface area contributed by atoms with Gasteiger partial charge in [-0.3, -0.25) is 19.2 Å². The first-order valence-electron chi connectivity index (χ1n) is 18.4. The number of amides is 4. The number of nitrogens with zero attached hydrogens (tertiary/aromatic N) is 1. The summed E-state index contributed by atoms with van der Waals surface area (Å²) >= 11 is 0. The maximum absolute atomic E-state index is 14.0. The Morgan fingerprint density at radius 1 is 0.717 bits per heavy atom. The normalized spacial score (nSPS) is 14.6. The number of carbonyl (C=O) groups is 5.